The number of aliphatic hydroxyl groups is 1. The van der Waals surface area contributed by atoms with Crippen molar-refractivity contribution in [3.63, 3.8) is 0 Å². The van der Waals surface area contributed by atoms with Crippen LogP contribution < -0.4 is 5.32 Å². The van der Waals surface area contributed by atoms with E-state index in [1.807, 2.05) is 12.1 Å². The van der Waals surface area contributed by atoms with Crippen molar-refractivity contribution < 1.29 is 14.3 Å². The number of hydrogen-bond acceptors (Lipinski definition) is 3. The molecule has 0 bridgehead atoms. The molecule has 1 heterocycles. The molecule has 0 aliphatic carbocycles. The van der Waals surface area contributed by atoms with Crippen LogP contribution in [0.2, 0.25) is 0 Å². The molecule has 0 radical (unpaired) electrons. The van der Waals surface area contributed by atoms with Gasteiger partial charge in [-0.25, -0.2) is 4.39 Å². The molecule has 2 N–H and O–H groups in total. The predicted molar refractivity (Wildman–Crippen MR) is 74.7 cm³/mol. The Morgan fingerprint density at radius 2 is 2.15 bits per heavy atom. The number of halogens is 1. The fourth-order valence-electron chi connectivity index (χ4n) is 1.86. The van der Waals surface area contributed by atoms with Gasteiger partial charge in [-0.1, -0.05) is 6.07 Å². The SMILES string of the molecule is CC(O)CNC(=O)CCc1ccc2ccc(F)cc2n1. The van der Waals surface area contributed by atoms with Gasteiger partial charge in [-0.2, -0.15) is 0 Å². The number of rotatable bonds is 5. The van der Waals surface area contributed by atoms with Crippen molar-refractivity contribution in [2.24, 2.45) is 0 Å². The van der Waals surface area contributed by atoms with E-state index in [1.54, 1.807) is 13.0 Å². The smallest absolute Gasteiger partial charge is 0.220 e. The molecule has 0 saturated carbocycles. The van der Waals surface area contributed by atoms with Crippen LogP contribution >= 0.6 is 0 Å². The van der Waals surface area contributed by atoms with E-state index in [2.05, 4.69) is 10.3 Å². The summed E-state index contributed by atoms with van der Waals surface area (Å²) in [7, 11) is 0. The van der Waals surface area contributed by atoms with Crippen molar-refractivity contribution in [3.8, 4) is 0 Å². The number of carbonyl (C=O) groups excluding carboxylic acids is 1. The average molecular weight is 276 g/mol. The van der Waals surface area contributed by atoms with Gasteiger partial charge in [-0.15, -0.1) is 0 Å². The van der Waals surface area contributed by atoms with Crippen LogP contribution in [0.3, 0.4) is 0 Å². The van der Waals surface area contributed by atoms with Gasteiger partial charge in [0.25, 0.3) is 0 Å². The Morgan fingerprint density at radius 3 is 2.90 bits per heavy atom. The first-order chi connectivity index (χ1) is 9.54. The fourth-order valence-corrected chi connectivity index (χ4v) is 1.86. The highest BCUT2D eigenvalue weighted by atomic mass is 19.1. The summed E-state index contributed by atoms with van der Waals surface area (Å²) < 4.78 is 13.1. The number of carbonyl (C=O) groups is 1. The highest BCUT2D eigenvalue weighted by Crippen LogP contribution is 2.14. The Labute approximate surface area is 116 Å². The highest BCUT2D eigenvalue weighted by Gasteiger charge is 2.05. The lowest BCUT2D eigenvalue weighted by Gasteiger charge is -2.07. The fraction of sp³-hybridized carbons (Fsp3) is 0.333. The minimum Gasteiger partial charge on any atom is -0.392 e. The van der Waals surface area contributed by atoms with E-state index in [0.29, 0.717) is 18.4 Å². The molecule has 1 amide bonds. The zero-order valence-corrected chi connectivity index (χ0v) is 11.3. The molecule has 4 nitrogen and oxygen atoms in total. The number of aryl methyl sites for hydroxylation is 1. The molecule has 1 unspecified atom stereocenters. The van der Waals surface area contributed by atoms with E-state index in [-0.39, 0.29) is 18.3 Å². The summed E-state index contributed by atoms with van der Waals surface area (Å²) in [5.74, 6) is -0.455. The average Bonchev–Trinajstić information content (AvgIpc) is 2.42. The van der Waals surface area contributed by atoms with Crippen LogP contribution in [0.1, 0.15) is 19.0 Å². The maximum atomic E-state index is 13.1. The van der Waals surface area contributed by atoms with Crippen LogP contribution in [0.15, 0.2) is 30.3 Å². The number of amides is 1. The Hall–Kier alpha value is -2.01. The van der Waals surface area contributed by atoms with Gasteiger partial charge in [0.05, 0.1) is 11.6 Å². The van der Waals surface area contributed by atoms with Crippen LogP contribution in [-0.2, 0) is 11.2 Å². The second-order valence-corrected chi connectivity index (χ2v) is 4.79. The first-order valence-electron chi connectivity index (χ1n) is 6.54. The van der Waals surface area contributed by atoms with E-state index in [0.717, 1.165) is 11.1 Å². The largest absolute Gasteiger partial charge is 0.392 e. The van der Waals surface area contributed by atoms with Crippen LogP contribution in [0, 0.1) is 5.82 Å². The van der Waals surface area contributed by atoms with Gasteiger partial charge in [0.2, 0.25) is 5.91 Å². The van der Waals surface area contributed by atoms with Gasteiger partial charge < -0.3 is 10.4 Å². The van der Waals surface area contributed by atoms with Crippen molar-refractivity contribution in [1.82, 2.24) is 10.3 Å². The van der Waals surface area contributed by atoms with Gasteiger partial charge in [0, 0.05) is 30.1 Å². The van der Waals surface area contributed by atoms with Crippen LogP contribution in [0.25, 0.3) is 10.9 Å². The summed E-state index contributed by atoms with van der Waals surface area (Å²) >= 11 is 0. The zero-order valence-electron chi connectivity index (χ0n) is 11.3. The van der Waals surface area contributed by atoms with Crippen molar-refractivity contribution in [2.45, 2.75) is 25.9 Å². The molecular weight excluding hydrogens is 259 g/mol. The van der Waals surface area contributed by atoms with Gasteiger partial charge in [0.15, 0.2) is 0 Å². The molecule has 106 valence electrons. The number of nitrogens with zero attached hydrogens (tertiary/aromatic N) is 1. The lowest BCUT2D eigenvalue weighted by molar-refractivity contribution is -0.121. The lowest BCUT2D eigenvalue weighted by atomic mass is 10.1. The number of benzene rings is 1. The maximum absolute atomic E-state index is 13.1. The zero-order chi connectivity index (χ0) is 14.5. The maximum Gasteiger partial charge on any atom is 0.220 e. The van der Waals surface area contributed by atoms with Gasteiger partial charge >= 0.3 is 0 Å². The molecule has 0 spiro atoms. The van der Waals surface area contributed by atoms with Crippen molar-refractivity contribution in [3.05, 3.63) is 41.8 Å². The van der Waals surface area contributed by atoms with E-state index in [4.69, 9.17) is 5.11 Å². The Balaban J connectivity index is 1.98. The molecular formula is C15H17FN2O2. The third kappa shape index (κ3) is 3.99. The van der Waals surface area contributed by atoms with E-state index >= 15 is 0 Å². The first-order valence-corrected chi connectivity index (χ1v) is 6.54. The molecule has 0 aliphatic heterocycles. The Morgan fingerprint density at radius 1 is 1.40 bits per heavy atom. The van der Waals surface area contributed by atoms with Crippen LogP contribution in [0.4, 0.5) is 4.39 Å². The summed E-state index contributed by atoms with van der Waals surface area (Å²) in [5, 5.41) is 12.6. The Kier molecular flexibility index (Phi) is 4.63. The van der Waals surface area contributed by atoms with Crippen molar-refractivity contribution >= 4 is 16.8 Å². The third-order valence-corrected chi connectivity index (χ3v) is 2.91. The van der Waals surface area contributed by atoms with Crippen LogP contribution in [-0.4, -0.2) is 28.6 Å². The second kappa shape index (κ2) is 6.43. The van der Waals surface area contributed by atoms with Crippen molar-refractivity contribution in [2.75, 3.05) is 6.54 Å². The predicted octanol–water partition coefficient (Wildman–Crippen LogP) is 1.80. The number of fused-ring (bicyclic) bond motifs is 1. The topological polar surface area (TPSA) is 62.2 Å². The number of aromatic nitrogens is 1. The monoisotopic (exact) mass is 276 g/mol. The Bertz CT molecular complexity index is 614. The number of pyridine rings is 1. The summed E-state index contributed by atoms with van der Waals surface area (Å²) in [5.41, 5.74) is 1.34. The molecule has 0 fully saturated rings. The normalized spacial score (nSPS) is 12.3. The second-order valence-electron chi connectivity index (χ2n) is 4.79. The van der Waals surface area contributed by atoms with E-state index < -0.39 is 6.10 Å². The minimum atomic E-state index is -0.555. The summed E-state index contributed by atoms with van der Waals surface area (Å²) in [4.78, 5) is 15.9. The summed E-state index contributed by atoms with van der Waals surface area (Å²) in [6.45, 7) is 1.86. The molecule has 1 atom stereocenters. The van der Waals surface area contributed by atoms with E-state index in [9.17, 15) is 9.18 Å². The number of nitrogens with one attached hydrogen (secondary N) is 1. The van der Waals surface area contributed by atoms with Gasteiger partial charge in [0.1, 0.15) is 5.82 Å². The van der Waals surface area contributed by atoms with Crippen LogP contribution in [0.5, 0.6) is 0 Å². The molecule has 0 saturated heterocycles. The molecule has 2 aromatic rings. The molecule has 0 aliphatic rings. The standard InChI is InChI=1S/C15H17FN2O2/c1-10(19)9-17-15(20)7-6-13-5-3-11-2-4-12(16)8-14(11)18-13/h2-5,8,10,19H,6-7,9H2,1H3,(H,17,20). The third-order valence-electron chi connectivity index (χ3n) is 2.91. The number of hydrogen-bond donors (Lipinski definition) is 2. The molecule has 20 heavy (non-hydrogen) atoms. The first kappa shape index (κ1) is 14.4. The summed E-state index contributed by atoms with van der Waals surface area (Å²) in [6, 6.07) is 8.16. The minimum absolute atomic E-state index is 0.132. The molecule has 1 aromatic carbocycles. The molecule has 5 heteroatoms. The highest BCUT2D eigenvalue weighted by molar-refractivity contribution is 5.79. The van der Waals surface area contributed by atoms with Gasteiger partial charge in [-0.05, 0) is 31.5 Å². The number of aliphatic hydroxyl groups excluding tert-OH is 1. The molecule has 1 aromatic heterocycles. The quantitative estimate of drug-likeness (QED) is 0.875. The summed E-state index contributed by atoms with van der Waals surface area (Å²) in [6.07, 6.45) is 0.222. The lowest BCUT2D eigenvalue weighted by Crippen LogP contribution is -2.30. The molecule has 2 rings (SSSR count). The van der Waals surface area contributed by atoms with E-state index in [1.165, 1.54) is 12.1 Å². The van der Waals surface area contributed by atoms with Crippen molar-refractivity contribution in [1.29, 1.82) is 0 Å². The van der Waals surface area contributed by atoms with Gasteiger partial charge in [-0.3, -0.25) is 9.78 Å².